The third-order valence-corrected chi connectivity index (χ3v) is 3.72. The number of anilines is 1. The third-order valence-electron chi connectivity index (χ3n) is 3.72. The Morgan fingerprint density at radius 1 is 1.24 bits per heavy atom. The van der Waals surface area contributed by atoms with Crippen LogP contribution in [0.5, 0.6) is 0 Å². The van der Waals surface area contributed by atoms with E-state index in [4.69, 9.17) is 0 Å². The van der Waals surface area contributed by atoms with Crippen LogP contribution >= 0.6 is 0 Å². The fourth-order valence-electron chi connectivity index (χ4n) is 2.72. The SMILES string of the molecule is O=C(O)c1cccnc1N1CCNCC1c1ccccc1. The van der Waals surface area contributed by atoms with E-state index in [-0.39, 0.29) is 11.6 Å². The quantitative estimate of drug-likeness (QED) is 0.901. The van der Waals surface area contributed by atoms with E-state index in [1.807, 2.05) is 18.2 Å². The van der Waals surface area contributed by atoms with Crippen LogP contribution in [0.15, 0.2) is 48.7 Å². The number of pyridine rings is 1. The maximum absolute atomic E-state index is 11.4. The minimum Gasteiger partial charge on any atom is -0.478 e. The second-order valence-corrected chi connectivity index (χ2v) is 5.00. The molecular weight excluding hydrogens is 266 g/mol. The predicted octanol–water partition coefficient (Wildman–Crippen LogP) is 1.93. The van der Waals surface area contributed by atoms with Gasteiger partial charge in [-0.05, 0) is 17.7 Å². The van der Waals surface area contributed by atoms with Gasteiger partial charge in [-0.15, -0.1) is 0 Å². The van der Waals surface area contributed by atoms with E-state index < -0.39 is 5.97 Å². The Morgan fingerprint density at radius 3 is 2.81 bits per heavy atom. The van der Waals surface area contributed by atoms with Gasteiger partial charge in [-0.25, -0.2) is 9.78 Å². The number of rotatable bonds is 3. The Labute approximate surface area is 123 Å². The summed E-state index contributed by atoms with van der Waals surface area (Å²) in [6, 6.07) is 13.5. The molecule has 1 aromatic heterocycles. The number of carboxylic acids is 1. The number of hydrogen-bond donors (Lipinski definition) is 2. The molecule has 3 rings (SSSR count). The van der Waals surface area contributed by atoms with Gasteiger partial charge in [0.05, 0.1) is 6.04 Å². The van der Waals surface area contributed by atoms with Crippen molar-refractivity contribution >= 4 is 11.8 Å². The van der Waals surface area contributed by atoms with Gasteiger partial charge in [-0.2, -0.15) is 0 Å². The summed E-state index contributed by atoms with van der Waals surface area (Å²) in [7, 11) is 0. The topological polar surface area (TPSA) is 65.5 Å². The van der Waals surface area contributed by atoms with Gasteiger partial charge in [0.1, 0.15) is 11.4 Å². The molecular formula is C16H17N3O2. The third kappa shape index (κ3) is 2.73. The summed E-state index contributed by atoms with van der Waals surface area (Å²) in [5.74, 6) is -0.399. The van der Waals surface area contributed by atoms with Crippen molar-refractivity contribution in [2.75, 3.05) is 24.5 Å². The molecule has 1 atom stereocenters. The van der Waals surface area contributed by atoms with Crippen LogP contribution in [-0.2, 0) is 0 Å². The summed E-state index contributed by atoms with van der Waals surface area (Å²) in [5.41, 5.74) is 1.41. The highest BCUT2D eigenvalue weighted by Gasteiger charge is 2.27. The fraction of sp³-hybridized carbons (Fsp3) is 0.250. The molecule has 1 unspecified atom stereocenters. The molecule has 0 amide bonds. The summed E-state index contributed by atoms with van der Waals surface area (Å²) in [4.78, 5) is 17.8. The highest BCUT2D eigenvalue weighted by Crippen LogP contribution is 2.29. The lowest BCUT2D eigenvalue weighted by Gasteiger charge is -2.38. The maximum Gasteiger partial charge on any atom is 0.339 e. The molecule has 5 heteroatoms. The van der Waals surface area contributed by atoms with E-state index in [2.05, 4.69) is 27.3 Å². The molecule has 1 aliphatic rings. The van der Waals surface area contributed by atoms with Crippen LogP contribution in [0.25, 0.3) is 0 Å². The molecule has 0 radical (unpaired) electrons. The molecule has 108 valence electrons. The first-order chi connectivity index (χ1) is 10.3. The van der Waals surface area contributed by atoms with Crippen molar-refractivity contribution in [1.82, 2.24) is 10.3 Å². The smallest absolute Gasteiger partial charge is 0.339 e. The van der Waals surface area contributed by atoms with Crippen LogP contribution < -0.4 is 10.2 Å². The Balaban J connectivity index is 2.01. The highest BCUT2D eigenvalue weighted by molar-refractivity contribution is 5.93. The molecule has 1 aliphatic heterocycles. The van der Waals surface area contributed by atoms with Gasteiger partial charge in [-0.1, -0.05) is 30.3 Å². The van der Waals surface area contributed by atoms with Gasteiger partial charge in [0.15, 0.2) is 0 Å². The highest BCUT2D eigenvalue weighted by atomic mass is 16.4. The number of nitrogens with zero attached hydrogens (tertiary/aromatic N) is 2. The lowest BCUT2D eigenvalue weighted by molar-refractivity contribution is 0.0697. The molecule has 0 spiro atoms. The predicted molar refractivity (Wildman–Crippen MR) is 80.6 cm³/mol. The van der Waals surface area contributed by atoms with Crippen molar-refractivity contribution in [1.29, 1.82) is 0 Å². The first-order valence-electron chi connectivity index (χ1n) is 6.98. The number of piperazine rings is 1. The number of carboxylic acid groups (broad SMARTS) is 1. The van der Waals surface area contributed by atoms with Crippen molar-refractivity contribution in [3.8, 4) is 0 Å². The van der Waals surface area contributed by atoms with Crippen LogP contribution in [-0.4, -0.2) is 35.7 Å². The van der Waals surface area contributed by atoms with Gasteiger partial charge in [-0.3, -0.25) is 0 Å². The maximum atomic E-state index is 11.4. The molecule has 0 saturated carbocycles. The van der Waals surface area contributed by atoms with Crippen LogP contribution in [0.3, 0.4) is 0 Å². The largest absolute Gasteiger partial charge is 0.478 e. The number of carbonyl (C=O) groups is 1. The lowest BCUT2D eigenvalue weighted by Crippen LogP contribution is -2.47. The van der Waals surface area contributed by atoms with Gasteiger partial charge < -0.3 is 15.3 Å². The number of hydrogen-bond acceptors (Lipinski definition) is 4. The van der Waals surface area contributed by atoms with Crippen molar-refractivity contribution in [2.24, 2.45) is 0 Å². The molecule has 1 fully saturated rings. The van der Waals surface area contributed by atoms with Crippen molar-refractivity contribution in [3.63, 3.8) is 0 Å². The molecule has 1 aromatic carbocycles. The van der Waals surface area contributed by atoms with Crippen molar-refractivity contribution < 1.29 is 9.90 Å². The standard InChI is InChI=1S/C16H17N3O2/c20-16(21)13-7-4-8-18-15(13)19-10-9-17-11-14(19)12-5-2-1-3-6-12/h1-8,14,17H,9-11H2,(H,20,21). The van der Waals surface area contributed by atoms with Gasteiger partial charge in [0.2, 0.25) is 0 Å². The molecule has 0 bridgehead atoms. The second kappa shape index (κ2) is 5.93. The first kappa shape index (κ1) is 13.6. The zero-order valence-corrected chi connectivity index (χ0v) is 11.6. The van der Waals surface area contributed by atoms with E-state index in [1.54, 1.807) is 18.3 Å². The molecule has 5 nitrogen and oxygen atoms in total. The molecule has 0 aliphatic carbocycles. The van der Waals surface area contributed by atoms with Crippen LogP contribution in [0, 0.1) is 0 Å². The van der Waals surface area contributed by atoms with Crippen LogP contribution in [0.4, 0.5) is 5.82 Å². The average Bonchev–Trinajstić information content (AvgIpc) is 2.55. The molecule has 2 N–H and O–H groups in total. The Bertz CT molecular complexity index is 630. The van der Waals surface area contributed by atoms with Gasteiger partial charge in [0, 0.05) is 25.8 Å². The molecule has 2 heterocycles. The zero-order chi connectivity index (χ0) is 14.7. The summed E-state index contributed by atoms with van der Waals surface area (Å²) in [5, 5.41) is 12.7. The van der Waals surface area contributed by atoms with E-state index in [9.17, 15) is 9.90 Å². The van der Waals surface area contributed by atoms with E-state index in [0.717, 1.165) is 25.2 Å². The second-order valence-electron chi connectivity index (χ2n) is 5.00. The first-order valence-corrected chi connectivity index (χ1v) is 6.98. The Kier molecular flexibility index (Phi) is 3.83. The normalized spacial score (nSPS) is 18.5. The number of benzene rings is 1. The molecule has 21 heavy (non-hydrogen) atoms. The van der Waals surface area contributed by atoms with Crippen molar-refractivity contribution in [2.45, 2.75) is 6.04 Å². The average molecular weight is 283 g/mol. The van der Waals surface area contributed by atoms with E-state index >= 15 is 0 Å². The van der Waals surface area contributed by atoms with Gasteiger partial charge in [0.25, 0.3) is 0 Å². The van der Waals surface area contributed by atoms with Crippen molar-refractivity contribution in [3.05, 3.63) is 59.8 Å². The summed E-state index contributed by atoms with van der Waals surface area (Å²) in [6.45, 7) is 2.33. The molecule has 2 aromatic rings. The number of aromatic carboxylic acids is 1. The molecule has 1 saturated heterocycles. The van der Waals surface area contributed by atoms with Crippen LogP contribution in [0.2, 0.25) is 0 Å². The fourth-order valence-corrected chi connectivity index (χ4v) is 2.72. The lowest BCUT2D eigenvalue weighted by atomic mass is 10.0. The summed E-state index contributed by atoms with van der Waals surface area (Å²) < 4.78 is 0. The van der Waals surface area contributed by atoms with Gasteiger partial charge >= 0.3 is 5.97 Å². The Hall–Kier alpha value is -2.40. The zero-order valence-electron chi connectivity index (χ0n) is 11.6. The Morgan fingerprint density at radius 2 is 2.05 bits per heavy atom. The summed E-state index contributed by atoms with van der Waals surface area (Å²) >= 11 is 0. The van der Waals surface area contributed by atoms with E-state index in [1.165, 1.54) is 0 Å². The van der Waals surface area contributed by atoms with Crippen LogP contribution in [0.1, 0.15) is 22.0 Å². The van der Waals surface area contributed by atoms with E-state index in [0.29, 0.717) is 5.82 Å². The number of aromatic nitrogens is 1. The minimum atomic E-state index is -0.941. The number of nitrogens with one attached hydrogen (secondary N) is 1. The monoisotopic (exact) mass is 283 g/mol. The summed E-state index contributed by atoms with van der Waals surface area (Å²) in [6.07, 6.45) is 1.64. The minimum absolute atomic E-state index is 0.0907.